The van der Waals surface area contributed by atoms with E-state index in [4.69, 9.17) is 0 Å². The number of carbonyl (C=O) groups is 1. The molecular formula is C20H24N2O. The third-order valence-electron chi connectivity index (χ3n) is 4.55. The highest BCUT2D eigenvalue weighted by atomic mass is 16.2. The van der Waals surface area contributed by atoms with Crippen LogP contribution in [0.4, 0.5) is 0 Å². The van der Waals surface area contributed by atoms with Crippen LogP contribution in [0.5, 0.6) is 0 Å². The molecule has 1 N–H and O–H groups in total. The van der Waals surface area contributed by atoms with Gasteiger partial charge >= 0.3 is 0 Å². The molecule has 0 aromatic heterocycles. The van der Waals surface area contributed by atoms with Gasteiger partial charge in [0.05, 0.1) is 6.42 Å². The molecule has 2 aromatic rings. The summed E-state index contributed by atoms with van der Waals surface area (Å²) in [4.78, 5) is 14.4. The van der Waals surface area contributed by atoms with Crippen molar-refractivity contribution in [1.82, 2.24) is 10.2 Å². The topological polar surface area (TPSA) is 32.3 Å². The Morgan fingerprint density at radius 3 is 2.48 bits per heavy atom. The molecular weight excluding hydrogens is 284 g/mol. The molecule has 1 amide bonds. The predicted octanol–water partition coefficient (Wildman–Crippen LogP) is 2.96. The number of likely N-dealkylation sites (tertiary alicyclic amines) is 1. The first-order chi connectivity index (χ1) is 11.3. The van der Waals surface area contributed by atoms with Crippen molar-refractivity contribution in [3.8, 4) is 11.1 Å². The van der Waals surface area contributed by atoms with Gasteiger partial charge in [-0.2, -0.15) is 0 Å². The SMILES string of the molecule is CNCC1CCN(C(=O)Cc2ccc(-c3ccccc3)cc2)C1. The van der Waals surface area contributed by atoms with Gasteiger partial charge in [-0.05, 0) is 42.6 Å². The monoisotopic (exact) mass is 308 g/mol. The Balaban J connectivity index is 1.59. The number of rotatable bonds is 5. The Hall–Kier alpha value is -2.13. The number of hydrogen-bond acceptors (Lipinski definition) is 2. The second-order valence-corrected chi connectivity index (χ2v) is 6.29. The van der Waals surface area contributed by atoms with E-state index in [0.29, 0.717) is 12.3 Å². The minimum absolute atomic E-state index is 0.246. The second kappa shape index (κ2) is 7.42. The van der Waals surface area contributed by atoms with Crippen LogP contribution in [-0.2, 0) is 11.2 Å². The van der Waals surface area contributed by atoms with Crippen LogP contribution in [-0.4, -0.2) is 37.5 Å². The van der Waals surface area contributed by atoms with Crippen molar-refractivity contribution in [3.05, 3.63) is 60.2 Å². The average molecular weight is 308 g/mol. The standard InChI is InChI=1S/C20H24N2O/c1-21-14-17-11-12-22(15-17)20(23)13-16-7-9-19(10-8-16)18-5-3-2-4-6-18/h2-10,17,21H,11-15H2,1H3. The zero-order valence-electron chi connectivity index (χ0n) is 13.7. The summed E-state index contributed by atoms with van der Waals surface area (Å²) < 4.78 is 0. The zero-order chi connectivity index (χ0) is 16.1. The van der Waals surface area contributed by atoms with E-state index in [2.05, 4.69) is 41.7 Å². The van der Waals surface area contributed by atoms with Crippen LogP contribution >= 0.6 is 0 Å². The van der Waals surface area contributed by atoms with Gasteiger partial charge in [-0.3, -0.25) is 4.79 Å². The fraction of sp³-hybridized carbons (Fsp3) is 0.350. The van der Waals surface area contributed by atoms with Crippen molar-refractivity contribution in [1.29, 1.82) is 0 Å². The molecule has 1 heterocycles. The van der Waals surface area contributed by atoms with Gasteiger partial charge in [0, 0.05) is 13.1 Å². The molecule has 0 spiro atoms. The van der Waals surface area contributed by atoms with Gasteiger partial charge in [0.1, 0.15) is 0 Å². The van der Waals surface area contributed by atoms with Gasteiger partial charge in [-0.15, -0.1) is 0 Å². The van der Waals surface area contributed by atoms with E-state index >= 15 is 0 Å². The minimum Gasteiger partial charge on any atom is -0.342 e. The molecule has 23 heavy (non-hydrogen) atoms. The second-order valence-electron chi connectivity index (χ2n) is 6.29. The van der Waals surface area contributed by atoms with E-state index in [9.17, 15) is 4.79 Å². The maximum Gasteiger partial charge on any atom is 0.226 e. The van der Waals surface area contributed by atoms with Crippen molar-refractivity contribution >= 4 is 5.91 Å². The molecule has 1 aliphatic rings. The van der Waals surface area contributed by atoms with Crippen LogP contribution in [0.1, 0.15) is 12.0 Å². The summed E-state index contributed by atoms with van der Waals surface area (Å²) in [6.45, 7) is 2.78. The van der Waals surface area contributed by atoms with Gasteiger partial charge in [-0.25, -0.2) is 0 Å². The quantitative estimate of drug-likeness (QED) is 0.921. The molecule has 120 valence electrons. The van der Waals surface area contributed by atoms with Crippen molar-refractivity contribution in [3.63, 3.8) is 0 Å². The molecule has 0 radical (unpaired) electrons. The Bertz CT molecular complexity index is 636. The van der Waals surface area contributed by atoms with Gasteiger partial charge in [0.2, 0.25) is 5.91 Å². The molecule has 0 aliphatic carbocycles. The van der Waals surface area contributed by atoms with Gasteiger partial charge in [0.15, 0.2) is 0 Å². The summed E-state index contributed by atoms with van der Waals surface area (Å²) in [5.41, 5.74) is 3.49. The highest BCUT2D eigenvalue weighted by Crippen LogP contribution is 2.20. The van der Waals surface area contributed by atoms with Gasteiger partial charge < -0.3 is 10.2 Å². The smallest absolute Gasteiger partial charge is 0.226 e. The summed E-state index contributed by atoms with van der Waals surface area (Å²) in [6, 6.07) is 18.7. The number of carbonyl (C=O) groups excluding carboxylic acids is 1. The Morgan fingerprint density at radius 1 is 1.09 bits per heavy atom. The molecule has 1 saturated heterocycles. The van der Waals surface area contributed by atoms with Crippen LogP contribution < -0.4 is 5.32 Å². The summed E-state index contributed by atoms with van der Waals surface area (Å²) >= 11 is 0. The maximum absolute atomic E-state index is 12.4. The van der Waals surface area contributed by atoms with E-state index in [1.165, 1.54) is 11.1 Å². The molecule has 3 rings (SSSR count). The summed E-state index contributed by atoms with van der Waals surface area (Å²) in [5, 5.41) is 3.20. The summed E-state index contributed by atoms with van der Waals surface area (Å²) in [7, 11) is 1.97. The lowest BCUT2D eigenvalue weighted by Gasteiger charge is -2.16. The minimum atomic E-state index is 0.246. The van der Waals surface area contributed by atoms with Crippen molar-refractivity contribution in [2.24, 2.45) is 5.92 Å². The maximum atomic E-state index is 12.4. The lowest BCUT2D eigenvalue weighted by molar-refractivity contribution is -0.129. The molecule has 0 bridgehead atoms. The third kappa shape index (κ3) is 3.99. The Labute approximate surface area is 138 Å². The fourth-order valence-electron chi connectivity index (χ4n) is 3.25. The molecule has 1 fully saturated rings. The van der Waals surface area contributed by atoms with Crippen molar-refractivity contribution in [2.45, 2.75) is 12.8 Å². The van der Waals surface area contributed by atoms with Gasteiger partial charge in [0.25, 0.3) is 0 Å². The molecule has 1 aliphatic heterocycles. The lowest BCUT2D eigenvalue weighted by Crippen LogP contribution is -2.31. The average Bonchev–Trinajstić information content (AvgIpc) is 3.06. The predicted molar refractivity (Wildman–Crippen MR) is 94.2 cm³/mol. The van der Waals surface area contributed by atoms with Crippen molar-refractivity contribution in [2.75, 3.05) is 26.7 Å². The summed E-state index contributed by atoms with van der Waals surface area (Å²) in [6.07, 6.45) is 1.61. The fourth-order valence-corrected chi connectivity index (χ4v) is 3.25. The zero-order valence-corrected chi connectivity index (χ0v) is 13.7. The van der Waals surface area contributed by atoms with Crippen LogP contribution in [0.15, 0.2) is 54.6 Å². The number of nitrogens with one attached hydrogen (secondary N) is 1. The molecule has 3 nitrogen and oxygen atoms in total. The van der Waals surface area contributed by atoms with E-state index in [0.717, 1.165) is 31.6 Å². The Morgan fingerprint density at radius 2 is 1.78 bits per heavy atom. The van der Waals surface area contributed by atoms with Crippen LogP contribution in [0, 0.1) is 5.92 Å². The molecule has 2 aromatic carbocycles. The third-order valence-corrected chi connectivity index (χ3v) is 4.55. The van der Waals surface area contributed by atoms with E-state index in [1.54, 1.807) is 0 Å². The first-order valence-corrected chi connectivity index (χ1v) is 8.33. The Kier molecular flexibility index (Phi) is 5.09. The number of hydrogen-bond donors (Lipinski definition) is 1. The van der Waals surface area contributed by atoms with E-state index in [-0.39, 0.29) is 5.91 Å². The molecule has 3 heteroatoms. The van der Waals surface area contributed by atoms with Crippen molar-refractivity contribution < 1.29 is 4.79 Å². The van der Waals surface area contributed by atoms with Crippen LogP contribution in [0.25, 0.3) is 11.1 Å². The lowest BCUT2D eigenvalue weighted by atomic mass is 10.0. The molecule has 1 unspecified atom stereocenters. The molecule has 1 atom stereocenters. The van der Waals surface area contributed by atoms with E-state index in [1.807, 2.05) is 30.1 Å². The van der Waals surface area contributed by atoms with Crippen LogP contribution in [0.3, 0.4) is 0 Å². The first kappa shape index (κ1) is 15.8. The normalized spacial score (nSPS) is 17.4. The summed E-state index contributed by atoms with van der Waals surface area (Å²) in [5.74, 6) is 0.848. The highest BCUT2D eigenvalue weighted by molar-refractivity contribution is 5.79. The largest absolute Gasteiger partial charge is 0.342 e. The first-order valence-electron chi connectivity index (χ1n) is 8.33. The van der Waals surface area contributed by atoms with E-state index < -0.39 is 0 Å². The number of nitrogens with zero attached hydrogens (tertiary/aromatic N) is 1. The number of benzene rings is 2. The van der Waals surface area contributed by atoms with Crippen LogP contribution in [0.2, 0.25) is 0 Å². The highest BCUT2D eigenvalue weighted by Gasteiger charge is 2.25. The number of amides is 1. The van der Waals surface area contributed by atoms with Gasteiger partial charge in [-0.1, -0.05) is 54.6 Å². The molecule has 0 saturated carbocycles.